The molecule has 0 aromatic carbocycles. The van der Waals surface area contributed by atoms with E-state index in [1.54, 1.807) is 17.1 Å². The lowest BCUT2D eigenvalue weighted by molar-refractivity contribution is 0.269. The third kappa shape index (κ3) is 4.29. The number of nitrogens with zero attached hydrogens (tertiary/aromatic N) is 3. The molecule has 1 aromatic rings. The molecule has 0 aliphatic rings. The summed E-state index contributed by atoms with van der Waals surface area (Å²) in [5.41, 5.74) is 6.81. The van der Waals surface area contributed by atoms with Crippen molar-refractivity contribution in [1.82, 2.24) is 9.78 Å². The molecule has 0 aliphatic carbocycles. The highest BCUT2D eigenvalue weighted by molar-refractivity contribution is 6.04. The summed E-state index contributed by atoms with van der Waals surface area (Å²) in [6, 6.07) is 0. The van der Waals surface area contributed by atoms with Gasteiger partial charge in [0.25, 0.3) is 0 Å². The summed E-state index contributed by atoms with van der Waals surface area (Å²) in [5, 5.41) is 20.7. The number of aromatic nitrogens is 2. The predicted molar refractivity (Wildman–Crippen MR) is 72.4 cm³/mol. The number of aliphatic hydroxyl groups is 1. The summed E-state index contributed by atoms with van der Waals surface area (Å²) in [6.07, 6.45) is 3.65. The molecule has 0 saturated heterocycles. The third-order valence-corrected chi connectivity index (χ3v) is 2.48. The van der Waals surface area contributed by atoms with Gasteiger partial charge in [0.1, 0.15) is 11.5 Å². The van der Waals surface area contributed by atoms with Crippen molar-refractivity contribution in [2.75, 3.05) is 6.61 Å². The number of nitrogens with one attached hydrogen (secondary N) is 1. The van der Waals surface area contributed by atoms with Crippen LogP contribution >= 0.6 is 0 Å². The minimum absolute atomic E-state index is 0.0367. The zero-order valence-corrected chi connectivity index (χ0v) is 11.1. The van der Waals surface area contributed by atoms with Crippen LogP contribution < -0.4 is 5.73 Å². The zero-order valence-electron chi connectivity index (χ0n) is 11.1. The van der Waals surface area contributed by atoms with Crippen molar-refractivity contribution in [3.63, 3.8) is 0 Å². The Bertz CT molecular complexity index is 442. The molecule has 0 radical (unpaired) electrons. The molecule has 0 aliphatic heterocycles. The first-order valence-electron chi connectivity index (χ1n) is 5.87. The molecule has 100 valence electrons. The lowest BCUT2D eigenvalue weighted by atomic mass is 9.88. The van der Waals surface area contributed by atoms with Crippen LogP contribution in [-0.4, -0.2) is 33.0 Å². The van der Waals surface area contributed by atoms with E-state index in [0.29, 0.717) is 30.2 Å². The summed E-state index contributed by atoms with van der Waals surface area (Å²) < 4.78 is 1.60. The first kappa shape index (κ1) is 14.4. The SMILES string of the molecule is CC(C)(C)C(=N)CC(N)=Nc1cnn(CCO)c1. The largest absolute Gasteiger partial charge is 0.394 e. The van der Waals surface area contributed by atoms with Crippen LogP contribution in [-0.2, 0) is 6.54 Å². The van der Waals surface area contributed by atoms with E-state index in [-0.39, 0.29) is 12.0 Å². The van der Waals surface area contributed by atoms with Crippen LogP contribution in [0.3, 0.4) is 0 Å². The number of aliphatic imine (C=N–C) groups is 1. The van der Waals surface area contributed by atoms with E-state index in [9.17, 15) is 0 Å². The highest BCUT2D eigenvalue weighted by Gasteiger charge is 2.17. The van der Waals surface area contributed by atoms with Gasteiger partial charge in [-0.3, -0.25) is 4.68 Å². The Labute approximate surface area is 107 Å². The first-order chi connectivity index (χ1) is 8.32. The summed E-state index contributed by atoms with van der Waals surface area (Å²) in [7, 11) is 0. The van der Waals surface area contributed by atoms with Crippen LogP contribution in [0.4, 0.5) is 5.69 Å². The number of hydrogen-bond acceptors (Lipinski definition) is 4. The number of rotatable bonds is 5. The van der Waals surface area contributed by atoms with E-state index in [4.69, 9.17) is 16.2 Å². The first-order valence-corrected chi connectivity index (χ1v) is 5.87. The molecule has 0 unspecified atom stereocenters. The summed E-state index contributed by atoms with van der Waals surface area (Å²) in [4.78, 5) is 4.20. The Morgan fingerprint density at radius 3 is 2.78 bits per heavy atom. The second kappa shape index (κ2) is 5.77. The van der Waals surface area contributed by atoms with Gasteiger partial charge in [-0.05, 0) is 5.41 Å². The summed E-state index contributed by atoms with van der Waals surface area (Å²) in [5.74, 6) is 0.401. The molecule has 6 heteroatoms. The lowest BCUT2D eigenvalue weighted by Gasteiger charge is -2.19. The van der Waals surface area contributed by atoms with E-state index in [1.165, 1.54) is 0 Å². The highest BCUT2D eigenvalue weighted by Crippen LogP contribution is 2.18. The molecule has 0 bridgehead atoms. The lowest BCUT2D eigenvalue weighted by Crippen LogP contribution is -2.25. The van der Waals surface area contributed by atoms with Gasteiger partial charge in [-0.1, -0.05) is 20.8 Å². The van der Waals surface area contributed by atoms with E-state index in [1.807, 2.05) is 20.8 Å². The van der Waals surface area contributed by atoms with E-state index in [0.717, 1.165) is 0 Å². The number of hydrogen-bond donors (Lipinski definition) is 3. The van der Waals surface area contributed by atoms with Crippen molar-refractivity contribution in [1.29, 1.82) is 5.41 Å². The average molecular weight is 251 g/mol. The summed E-state index contributed by atoms with van der Waals surface area (Å²) in [6.45, 7) is 6.40. The van der Waals surface area contributed by atoms with Crippen molar-refractivity contribution in [2.45, 2.75) is 33.7 Å². The fraction of sp³-hybridized carbons (Fsp3) is 0.583. The maximum Gasteiger partial charge on any atom is 0.105 e. The summed E-state index contributed by atoms with van der Waals surface area (Å²) >= 11 is 0. The van der Waals surface area contributed by atoms with Gasteiger partial charge in [-0.2, -0.15) is 5.10 Å². The zero-order chi connectivity index (χ0) is 13.8. The Kier molecular flexibility index (Phi) is 4.61. The molecule has 0 atom stereocenters. The topological polar surface area (TPSA) is 100 Å². The van der Waals surface area contributed by atoms with Gasteiger partial charge in [-0.15, -0.1) is 0 Å². The van der Waals surface area contributed by atoms with Crippen LogP contribution in [0.25, 0.3) is 0 Å². The Hall–Kier alpha value is -1.69. The van der Waals surface area contributed by atoms with Gasteiger partial charge in [-0.25, -0.2) is 4.99 Å². The van der Waals surface area contributed by atoms with Crippen molar-refractivity contribution >= 4 is 17.2 Å². The molecular formula is C12H21N5O. The normalized spacial score (nSPS) is 12.8. The molecule has 1 heterocycles. The van der Waals surface area contributed by atoms with Crippen LogP contribution in [0.5, 0.6) is 0 Å². The van der Waals surface area contributed by atoms with Crippen molar-refractivity contribution < 1.29 is 5.11 Å². The molecule has 1 rings (SSSR count). The van der Waals surface area contributed by atoms with E-state index >= 15 is 0 Å². The molecule has 0 fully saturated rings. The van der Waals surface area contributed by atoms with Gasteiger partial charge < -0.3 is 16.2 Å². The molecule has 0 saturated carbocycles. The van der Waals surface area contributed by atoms with Crippen molar-refractivity contribution in [3.8, 4) is 0 Å². The number of aliphatic hydroxyl groups excluding tert-OH is 1. The van der Waals surface area contributed by atoms with E-state index < -0.39 is 0 Å². The second-order valence-electron chi connectivity index (χ2n) is 5.19. The van der Waals surface area contributed by atoms with Gasteiger partial charge in [0.2, 0.25) is 0 Å². The van der Waals surface area contributed by atoms with Gasteiger partial charge >= 0.3 is 0 Å². The molecule has 0 amide bonds. The van der Waals surface area contributed by atoms with Crippen LogP contribution in [0.2, 0.25) is 0 Å². The molecule has 18 heavy (non-hydrogen) atoms. The number of amidine groups is 1. The average Bonchev–Trinajstić information content (AvgIpc) is 2.64. The minimum Gasteiger partial charge on any atom is -0.394 e. The predicted octanol–water partition coefficient (Wildman–Crippen LogP) is 1.32. The fourth-order valence-electron chi connectivity index (χ4n) is 1.29. The Morgan fingerprint density at radius 2 is 2.22 bits per heavy atom. The number of nitrogens with two attached hydrogens (primary N) is 1. The smallest absolute Gasteiger partial charge is 0.105 e. The molecule has 4 N–H and O–H groups in total. The highest BCUT2D eigenvalue weighted by atomic mass is 16.3. The van der Waals surface area contributed by atoms with Gasteiger partial charge in [0.05, 0.1) is 25.5 Å². The Balaban J connectivity index is 2.68. The quantitative estimate of drug-likeness (QED) is 0.543. The molecule has 0 spiro atoms. The van der Waals surface area contributed by atoms with Crippen molar-refractivity contribution in [2.24, 2.45) is 16.1 Å². The van der Waals surface area contributed by atoms with Crippen LogP contribution in [0.1, 0.15) is 27.2 Å². The minimum atomic E-state index is -0.193. The van der Waals surface area contributed by atoms with Crippen LogP contribution in [0, 0.1) is 10.8 Å². The van der Waals surface area contributed by atoms with Gasteiger partial charge in [0.15, 0.2) is 0 Å². The van der Waals surface area contributed by atoms with E-state index in [2.05, 4.69) is 10.1 Å². The maximum atomic E-state index is 8.77. The monoisotopic (exact) mass is 251 g/mol. The van der Waals surface area contributed by atoms with Crippen molar-refractivity contribution in [3.05, 3.63) is 12.4 Å². The maximum absolute atomic E-state index is 8.77. The van der Waals surface area contributed by atoms with Crippen LogP contribution in [0.15, 0.2) is 17.4 Å². The molecule has 1 aromatic heterocycles. The van der Waals surface area contributed by atoms with Gasteiger partial charge in [0, 0.05) is 12.1 Å². The fourth-order valence-corrected chi connectivity index (χ4v) is 1.29. The molecular weight excluding hydrogens is 230 g/mol. The second-order valence-corrected chi connectivity index (χ2v) is 5.19. The third-order valence-electron chi connectivity index (χ3n) is 2.48. The standard InChI is InChI=1S/C12H21N5O/c1-12(2,3)10(13)6-11(14)16-9-7-15-17(8-9)4-5-18/h7-8,13,18H,4-6H2,1-3H3,(H2,14,16). The Morgan fingerprint density at radius 1 is 1.56 bits per heavy atom. The molecule has 6 nitrogen and oxygen atoms in total.